The number of aliphatic hydroxyl groups excluding tert-OH is 8. The Labute approximate surface area is 321 Å². The van der Waals surface area contributed by atoms with Crippen LogP contribution in [0, 0.1) is 11.8 Å². The van der Waals surface area contributed by atoms with E-state index in [0.29, 0.717) is 19.5 Å². The van der Waals surface area contributed by atoms with Gasteiger partial charge in [0.2, 0.25) is 0 Å². The number of likely N-dealkylation sites (N-methyl/N-ethyl adjacent to an activating group) is 2. The molecule has 0 aromatic carbocycles. The zero-order valence-corrected chi connectivity index (χ0v) is 31.8. The van der Waals surface area contributed by atoms with E-state index in [2.05, 4.69) is 0 Å². The maximum atomic E-state index is 11.1. The average molecular weight is 799 g/mol. The summed E-state index contributed by atoms with van der Waals surface area (Å²) in [5.41, 5.74) is 49.3. The number of aliphatic hydroxyl groups is 8. The smallest absolute Gasteiger partial charge is 0.130 e. The highest BCUT2D eigenvalue weighted by atomic mass is 16.5. The van der Waals surface area contributed by atoms with Crippen LogP contribution in [-0.4, -0.2) is 226 Å². The van der Waals surface area contributed by atoms with Gasteiger partial charge in [-0.05, 0) is 33.4 Å². The van der Waals surface area contributed by atoms with E-state index in [1.165, 1.54) is 0 Å². The summed E-state index contributed by atoms with van der Waals surface area (Å²) >= 11 is 0. The Bertz CT molecular complexity index is 1080. The molecule has 4 aliphatic rings. The minimum absolute atomic E-state index is 0.0908. The third-order valence-corrected chi connectivity index (χ3v) is 12.2. The molecule has 4 rings (SSSR count). The van der Waals surface area contributed by atoms with Gasteiger partial charge in [0.25, 0.3) is 0 Å². The molecule has 55 heavy (non-hydrogen) atoms. The molecule has 0 aromatic heterocycles. The fourth-order valence-corrected chi connectivity index (χ4v) is 8.56. The van der Waals surface area contributed by atoms with Crippen molar-refractivity contribution in [2.24, 2.45) is 57.7 Å². The molecule has 2 aliphatic carbocycles. The van der Waals surface area contributed by atoms with Crippen LogP contribution in [0.25, 0.3) is 0 Å². The molecule has 22 heteroatoms. The monoisotopic (exact) mass is 799 g/mol. The molecule has 0 aromatic rings. The van der Waals surface area contributed by atoms with Crippen LogP contribution in [0.15, 0.2) is 0 Å². The van der Waals surface area contributed by atoms with Gasteiger partial charge >= 0.3 is 0 Å². The zero-order valence-electron chi connectivity index (χ0n) is 31.8. The maximum absolute atomic E-state index is 11.1. The van der Waals surface area contributed by atoms with Gasteiger partial charge < -0.3 is 106 Å². The van der Waals surface area contributed by atoms with Crippen molar-refractivity contribution in [2.75, 3.05) is 53.5 Å². The van der Waals surface area contributed by atoms with Gasteiger partial charge in [-0.15, -0.1) is 0 Å². The van der Waals surface area contributed by atoms with Gasteiger partial charge in [-0.1, -0.05) is 0 Å². The molecule has 0 spiro atoms. The van der Waals surface area contributed by atoms with E-state index in [-0.39, 0.29) is 39.1 Å². The lowest BCUT2D eigenvalue weighted by atomic mass is 9.71. The largest absolute Gasteiger partial charge is 0.389 e. The normalized spacial score (nSPS) is 46.9. The highest BCUT2D eigenvalue weighted by Crippen LogP contribution is 2.37. The van der Waals surface area contributed by atoms with Crippen LogP contribution < -0.4 is 45.9 Å². The van der Waals surface area contributed by atoms with Crippen LogP contribution in [0.2, 0.25) is 0 Å². The number of nitrogens with zero attached hydrogens (tertiary/aromatic N) is 2. The predicted octanol–water partition coefficient (Wildman–Crippen LogP) is -9.73. The van der Waals surface area contributed by atoms with Gasteiger partial charge in [0.1, 0.15) is 36.9 Å². The first-order valence-corrected chi connectivity index (χ1v) is 19.2. The van der Waals surface area contributed by atoms with Gasteiger partial charge in [-0.2, -0.15) is 0 Å². The van der Waals surface area contributed by atoms with E-state index in [1.807, 2.05) is 0 Å². The molecule has 22 atom stereocenters. The summed E-state index contributed by atoms with van der Waals surface area (Å²) < 4.78 is 24.1. The number of hydrogen-bond acceptors (Lipinski definition) is 22. The summed E-state index contributed by atoms with van der Waals surface area (Å²) in [5.74, 6) is -1.50. The molecule has 0 radical (unpaired) electrons. The Hall–Kier alpha value is -0.880. The third-order valence-electron chi connectivity index (χ3n) is 12.2. The summed E-state index contributed by atoms with van der Waals surface area (Å²) in [5, 5.41) is 86.0. The second kappa shape index (κ2) is 20.4. The number of hydrogen-bond donors (Lipinski definition) is 16. The van der Waals surface area contributed by atoms with E-state index < -0.39 is 134 Å². The van der Waals surface area contributed by atoms with Gasteiger partial charge in [-0.3, -0.25) is 9.80 Å². The van der Waals surface area contributed by atoms with Crippen molar-refractivity contribution in [2.45, 2.75) is 141 Å². The second-order valence-corrected chi connectivity index (χ2v) is 16.0. The molecule has 2 saturated heterocycles. The molecular formula is C33H70N10O12. The minimum Gasteiger partial charge on any atom is -0.389 e. The molecule has 0 bridgehead atoms. The van der Waals surface area contributed by atoms with Crippen molar-refractivity contribution < 1.29 is 59.8 Å². The first kappa shape index (κ1) is 46.8. The molecule has 324 valence electrons. The topological polar surface area (TPSA) is 413 Å². The highest BCUT2D eigenvalue weighted by Gasteiger charge is 2.55. The van der Waals surface area contributed by atoms with Crippen molar-refractivity contribution in [1.82, 2.24) is 9.80 Å². The van der Waals surface area contributed by atoms with Crippen LogP contribution in [0.3, 0.4) is 0 Å². The molecule has 0 unspecified atom stereocenters. The Morgan fingerprint density at radius 3 is 1.24 bits per heavy atom. The lowest BCUT2D eigenvalue weighted by Gasteiger charge is -2.51. The average Bonchev–Trinajstić information content (AvgIpc) is 3.15. The number of rotatable bonds is 16. The molecule has 4 fully saturated rings. The molecule has 2 heterocycles. The summed E-state index contributed by atoms with van der Waals surface area (Å²) in [6.45, 7) is 0.0346. The maximum Gasteiger partial charge on any atom is 0.130 e. The van der Waals surface area contributed by atoms with Crippen LogP contribution >= 0.6 is 0 Å². The molecule has 2 saturated carbocycles. The highest BCUT2D eigenvalue weighted by molar-refractivity contribution is 5.08. The number of nitrogens with two attached hydrogens (primary N) is 8. The zero-order chi connectivity index (χ0) is 41.0. The van der Waals surface area contributed by atoms with Gasteiger partial charge in [0, 0.05) is 62.2 Å². The van der Waals surface area contributed by atoms with Crippen LogP contribution in [0.1, 0.15) is 19.3 Å². The first-order chi connectivity index (χ1) is 25.9. The Morgan fingerprint density at radius 2 is 0.909 bits per heavy atom. The van der Waals surface area contributed by atoms with Crippen LogP contribution in [0.5, 0.6) is 0 Å². The molecule has 22 nitrogen and oxygen atoms in total. The van der Waals surface area contributed by atoms with Crippen molar-refractivity contribution in [3.8, 4) is 0 Å². The minimum atomic E-state index is -1.36. The van der Waals surface area contributed by atoms with Crippen molar-refractivity contribution in [3.63, 3.8) is 0 Å². The van der Waals surface area contributed by atoms with E-state index >= 15 is 0 Å². The van der Waals surface area contributed by atoms with Crippen molar-refractivity contribution >= 4 is 0 Å². The third kappa shape index (κ3) is 10.5. The van der Waals surface area contributed by atoms with E-state index in [4.69, 9.17) is 64.8 Å². The van der Waals surface area contributed by atoms with Crippen LogP contribution in [-0.2, 0) is 18.9 Å². The lowest BCUT2D eigenvalue weighted by Crippen LogP contribution is -2.70. The van der Waals surface area contributed by atoms with Crippen LogP contribution in [0.4, 0.5) is 0 Å². The lowest BCUT2D eigenvalue weighted by molar-refractivity contribution is -0.223. The summed E-state index contributed by atoms with van der Waals surface area (Å²) in [6.07, 6.45) is -14.8. The Morgan fingerprint density at radius 1 is 0.564 bits per heavy atom. The molecule has 24 N–H and O–H groups in total. The Balaban J connectivity index is 1.29. The quantitative estimate of drug-likeness (QED) is 0.0644. The van der Waals surface area contributed by atoms with E-state index in [1.54, 1.807) is 23.9 Å². The molecule has 2 aliphatic heterocycles. The second-order valence-electron chi connectivity index (χ2n) is 16.0. The summed E-state index contributed by atoms with van der Waals surface area (Å²) in [7, 11) is 3.34. The summed E-state index contributed by atoms with van der Waals surface area (Å²) in [4.78, 5) is 3.24. The first-order valence-electron chi connectivity index (χ1n) is 19.2. The SMILES string of the molecule is CN(CCCN(C)[C@H](O)CO[C@@H]1[C@@H](O)[C@H](N)C[C@H](N)[C@H]1[C@H]1O[C@H](CN)[C@@H](O)[C@H](O)[C@H]1N)[C@H](O)CO[C@@H]1[C@@H](O)[C@H](N)C[C@H](N)[C@H]1[C@H]1O[C@H](CN)[C@@H](O)[C@H](O)[C@H]1N. The molecular weight excluding hydrogens is 728 g/mol. The summed E-state index contributed by atoms with van der Waals surface area (Å²) in [6, 6.07) is -4.89. The van der Waals surface area contributed by atoms with E-state index in [0.717, 1.165) is 0 Å². The van der Waals surface area contributed by atoms with Crippen molar-refractivity contribution in [3.05, 3.63) is 0 Å². The van der Waals surface area contributed by atoms with Gasteiger partial charge in [0.15, 0.2) is 0 Å². The number of ether oxygens (including phenoxy) is 4. The Kier molecular flexibility index (Phi) is 17.4. The van der Waals surface area contributed by atoms with Gasteiger partial charge in [0.05, 0.1) is 74.1 Å². The predicted molar refractivity (Wildman–Crippen MR) is 197 cm³/mol. The van der Waals surface area contributed by atoms with Crippen molar-refractivity contribution in [1.29, 1.82) is 0 Å². The van der Waals surface area contributed by atoms with E-state index in [9.17, 15) is 40.9 Å². The van der Waals surface area contributed by atoms with Gasteiger partial charge in [-0.25, -0.2) is 0 Å². The standard InChI is InChI=1S/C33H70N10O12/c1-42(18(44)10-52-32-20(12(36)6-14(38)24(32)46)30-22(40)28(50)26(48)16(8-34)54-30)4-3-5-43(2)19(45)11-53-33-21(13(37)7-15(39)25(33)47)31-23(41)29(51)27(49)17(9-35)55-31/h12-33,44-51H,3-11,34-41H2,1-2H3/t12-,13-,14+,15+,16+,17+,18+,19+,20-,21-,22+,23+,24-,25-,26+,27+,28+,29+,30+,31+,32-,33-/m0/s1. The fraction of sp³-hybridized carbons (Fsp3) is 1.00. The fourth-order valence-electron chi connectivity index (χ4n) is 8.56. The molecule has 0 amide bonds.